The van der Waals surface area contributed by atoms with Crippen LogP contribution in [0.25, 0.3) is 21.9 Å². The second-order valence-corrected chi connectivity index (χ2v) is 9.62. The lowest BCUT2D eigenvalue weighted by Crippen LogP contribution is -2.26. The van der Waals surface area contributed by atoms with E-state index < -0.39 is 63.8 Å². The largest absolute Gasteiger partial charge is 0.462 e. The Bertz CT molecular complexity index is 2090. The summed E-state index contributed by atoms with van der Waals surface area (Å²) in [6.45, 7) is 2.55. The van der Waals surface area contributed by atoms with Crippen LogP contribution in [-0.2, 0) is 31.4 Å². The van der Waals surface area contributed by atoms with Gasteiger partial charge in [-0.2, -0.15) is 36.9 Å². The number of rotatable bonds is 8. The molecule has 0 saturated carbocycles. The van der Waals surface area contributed by atoms with Gasteiger partial charge in [0.2, 0.25) is 0 Å². The standard InChI is InChI=1S/C34H22F6N2O6/c1-3-45-31(43)25(17-41)27-23-10-5-6-11-24(23)28(26(18-42)32(44)46-4-2)30(48-22-9-7-8-20(16-22)34(38,39)40)29(27)47-21-14-12-19(13-15-21)33(35,36)37/h5-16H,3-4H2,1-2H3. The molecule has 4 aromatic carbocycles. The predicted octanol–water partition coefficient (Wildman–Crippen LogP) is 6.94. The molecule has 0 saturated heterocycles. The number of ether oxygens (including phenoxy) is 4. The van der Waals surface area contributed by atoms with Crippen molar-refractivity contribution in [1.29, 1.82) is 10.5 Å². The van der Waals surface area contributed by atoms with Gasteiger partial charge in [-0.05, 0) is 67.1 Å². The SMILES string of the molecule is CCOC(=O)C(C#N)=c1c(Oc2ccc(C(F)(F)F)cc2)c(Oc2cccc(C(F)(F)F)c2)c(=C(C#N)C(=O)OCC)c2ccccc12. The maximum Gasteiger partial charge on any atom is 0.416 e. The normalized spacial score (nSPS) is 12.7. The zero-order valence-electron chi connectivity index (χ0n) is 25.0. The van der Waals surface area contributed by atoms with Gasteiger partial charge < -0.3 is 18.9 Å². The molecule has 0 heterocycles. The second-order valence-electron chi connectivity index (χ2n) is 9.62. The Balaban J connectivity index is 2.29. The van der Waals surface area contributed by atoms with Gasteiger partial charge in [0, 0.05) is 0 Å². The maximum absolute atomic E-state index is 13.7. The number of carbonyl (C=O) groups excluding carboxylic acids is 2. The minimum absolute atomic E-state index is 0.00380. The number of nitriles is 2. The lowest BCUT2D eigenvalue weighted by atomic mass is 9.98. The summed E-state index contributed by atoms with van der Waals surface area (Å²) in [5.74, 6) is -4.36. The topological polar surface area (TPSA) is 119 Å². The summed E-state index contributed by atoms with van der Waals surface area (Å²) in [6, 6.07) is 15.8. The monoisotopic (exact) mass is 668 g/mol. The van der Waals surface area contributed by atoms with Gasteiger partial charge >= 0.3 is 24.3 Å². The first-order valence-electron chi connectivity index (χ1n) is 13.9. The Labute approximate surface area is 268 Å². The van der Waals surface area contributed by atoms with E-state index in [1.165, 1.54) is 38.1 Å². The summed E-state index contributed by atoms with van der Waals surface area (Å²) >= 11 is 0. The Morgan fingerprint density at radius 3 is 1.50 bits per heavy atom. The molecule has 0 aliphatic carbocycles. The van der Waals surface area contributed by atoms with Crippen LogP contribution in [0.3, 0.4) is 0 Å². The van der Waals surface area contributed by atoms with Gasteiger partial charge in [-0.15, -0.1) is 0 Å². The van der Waals surface area contributed by atoms with Gasteiger partial charge in [-0.1, -0.05) is 30.3 Å². The van der Waals surface area contributed by atoms with Crippen molar-refractivity contribution in [2.24, 2.45) is 0 Å². The number of fused-ring (bicyclic) bond motifs is 1. The Kier molecular flexibility index (Phi) is 10.3. The van der Waals surface area contributed by atoms with Crippen LogP contribution in [0.5, 0.6) is 23.0 Å². The molecule has 246 valence electrons. The number of alkyl halides is 6. The third-order valence-corrected chi connectivity index (χ3v) is 6.59. The zero-order valence-corrected chi connectivity index (χ0v) is 25.0. The fourth-order valence-electron chi connectivity index (χ4n) is 4.58. The van der Waals surface area contributed by atoms with E-state index >= 15 is 0 Å². The van der Waals surface area contributed by atoms with E-state index in [4.69, 9.17) is 18.9 Å². The summed E-state index contributed by atoms with van der Waals surface area (Å²) in [4.78, 5) is 26.2. The molecule has 0 N–H and O–H groups in total. The number of hydrogen-bond acceptors (Lipinski definition) is 8. The molecule has 0 aliphatic rings. The molecule has 0 atom stereocenters. The zero-order chi connectivity index (χ0) is 35.2. The van der Waals surface area contributed by atoms with E-state index in [0.717, 1.165) is 30.3 Å². The lowest BCUT2D eigenvalue weighted by molar-refractivity contribution is -0.138. The molecule has 0 aliphatic heterocycles. The molecule has 0 unspecified atom stereocenters. The summed E-state index contributed by atoms with van der Waals surface area (Å²) in [7, 11) is 0. The minimum Gasteiger partial charge on any atom is -0.462 e. The molecule has 4 aromatic rings. The quantitative estimate of drug-likeness (QED) is 0.146. The summed E-state index contributed by atoms with van der Waals surface area (Å²) in [5.41, 5.74) is -3.58. The Hall–Kier alpha value is -6.02. The van der Waals surface area contributed by atoms with Crippen molar-refractivity contribution in [3.05, 3.63) is 94.4 Å². The van der Waals surface area contributed by atoms with Crippen LogP contribution in [0.2, 0.25) is 0 Å². The van der Waals surface area contributed by atoms with Crippen LogP contribution >= 0.6 is 0 Å². The van der Waals surface area contributed by atoms with Gasteiger partial charge in [0.25, 0.3) is 0 Å². The molecule has 8 nitrogen and oxygen atoms in total. The maximum atomic E-state index is 13.7. The highest BCUT2D eigenvalue weighted by atomic mass is 19.4. The predicted molar refractivity (Wildman–Crippen MR) is 158 cm³/mol. The summed E-state index contributed by atoms with van der Waals surface area (Å²) in [6.07, 6.45) is -9.55. The molecule has 14 heteroatoms. The highest BCUT2D eigenvalue weighted by molar-refractivity contribution is 6.20. The van der Waals surface area contributed by atoms with E-state index in [0.29, 0.717) is 18.2 Å². The molecular weight excluding hydrogens is 646 g/mol. The number of nitrogens with zero attached hydrogens (tertiary/aromatic N) is 2. The van der Waals surface area contributed by atoms with Crippen molar-refractivity contribution in [2.75, 3.05) is 13.2 Å². The number of carbonyl (C=O) groups is 2. The third kappa shape index (κ3) is 7.34. The molecule has 4 rings (SSSR count). The number of hydrogen-bond donors (Lipinski definition) is 0. The highest BCUT2D eigenvalue weighted by Gasteiger charge is 2.32. The van der Waals surface area contributed by atoms with Crippen LogP contribution in [0, 0.1) is 22.7 Å². The molecular formula is C34H22F6N2O6. The van der Waals surface area contributed by atoms with Gasteiger partial charge in [-0.3, -0.25) is 0 Å². The molecule has 0 fully saturated rings. The van der Waals surface area contributed by atoms with E-state index in [1.807, 2.05) is 0 Å². The molecule has 0 aromatic heterocycles. The molecule has 48 heavy (non-hydrogen) atoms. The van der Waals surface area contributed by atoms with Crippen molar-refractivity contribution in [3.63, 3.8) is 0 Å². The van der Waals surface area contributed by atoms with Crippen molar-refractivity contribution in [3.8, 4) is 35.1 Å². The molecule has 0 radical (unpaired) electrons. The van der Waals surface area contributed by atoms with Crippen molar-refractivity contribution in [1.82, 2.24) is 0 Å². The van der Waals surface area contributed by atoms with Crippen molar-refractivity contribution < 1.29 is 54.9 Å². The first kappa shape index (κ1) is 34.8. The number of halogens is 6. The Morgan fingerprint density at radius 1 is 0.625 bits per heavy atom. The number of esters is 2. The fourth-order valence-corrected chi connectivity index (χ4v) is 4.58. The highest BCUT2D eigenvalue weighted by Crippen LogP contribution is 2.37. The first-order valence-corrected chi connectivity index (χ1v) is 13.9. The summed E-state index contributed by atoms with van der Waals surface area (Å²) in [5, 5.41) is 19.6. The molecule has 0 amide bonds. The van der Waals surface area contributed by atoms with E-state index in [2.05, 4.69) is 0 Å². The van der Waals surface area contributed by atoms with E-state index in [-0.39, 0.29) is 40.2 Å². The molecule has 0 bridgehead atoms. The second kappa shape index (κ2) is 14.2. The smallest absolute Gasteiger partial charge is 0.416 e. The van der Waals surface area contributed by atoms with E-state index in [9.17, 15) is 46.5 Å². The molecule has 0 spiro atoms. The van der Waals surface area contributed by atoms with Crippen LogP contribution in [0.1, 0.15) is 25.0 Å². The minimum atomic E-state index is -4.82. The first-order chi connectivity index (χ1) is 22.7. The van der Waals surface area contributed by atoms with Crippen LogP contribution in [0.15, 0.2) is 72.8 Å². The average molecular weight is 669 g/mol. The Morgan fingerprint density at radius 2 is 1.08 bits per heavy atom. The number of benzene rings is 4. The van der Waals surface area contributed by atoms with Gasteiger partial charge in [-0.25, -0.2) is 9.59 Å². The van der Waals surface area contributed by atoms with Crippen molar-refractivity contribution >= 4 is 33.9 Å². The van der Waals surface area contributed by atoms with Gasteiger partial charge in [0.15, 0.2) is 11.5 Å². The van der Waals surface area contributed by atoms with Crippen LogP contribution in [0.4, 0.5) is 26.3 Å². The fraction of sp³-hybridized carbons (Fsp3) is 0.176. The van der Waals surface area contributed by atoms with Gasteiger partial charge in [0.05, 0.1) is 34.8 Å². The lowest BCUT2D eigenvalue weighted by Gasteiger charge is -2.19. The average Bonchev–Trinajstić information content (AvgIpc) is 3.04. The van der Waals surface area contributed by atoms with Crippen LogP contribution in [-0.4, -0.2) is 25.2 Å². The third-order valence-electron chi connectivity index (χ3n) is 6.59. The van der Waals surface area contributed by atoms with Gasteiger partial charge in [0.1, 0.15) is 34.8 Å². The van der Waals surface area contributed by atoms with Crippen molar-refractivity contribution in [2.45, 2.75) is 26.2 Å². The van der Waals surface area contributed by atoms with Crippen LogP contribution < -0.4 is 19.9 Å². The van der Waals surface area contributed by atoms with E-state index in [1.54, 1.807) is 12.1 Å². The summed E-state index contributed by atoms with van der Waals surface area (Å²) < 4.78 is 103.